The van der Waals surface area contributed by atoms with E-state index in [9.17, 15) is 4.39 Å². The molecule has 1 unspecified atom stereocenters. The molecule has 0 aliphatic rings. The Hall–Kier alpha value is -1.20. The number of halogens is 2. The molecule has 1 aromatic heterocycles. The quantitative estimate of drug-likeness (QED) is 0.911. The van der Waals surface area contributed by atoms with Crippen LogP contribution < -0.4 is 5.32 Å². The van der Waals surface area contributed by atoms with E-state index < -0.39 is 0 Å². The van der Waals surface area contributed by atoms with Gasteiger partial charge in [0.1, 0.15) is 5.82 Å². The summed E-state index contributed by atoms with van der Waals surface area (Å²) in [6.45, 7) is 5.64. The summed E-state index contributed by atoms with van der Waals surface area (Å²) in [5.74, 6) is -0.223. The zero-order chi connectivity index (χ0) is 13.8. The second-order valence-corrected chi connectivity index (χ2v) is 5.09. The molecule has 1 aromatic carbocycles. The minimum absolute atomic E-state index is 0.0717. The Labute approximate surface area is 121 Å². The summed E-state index contributed by atoms with van der Waals surface area (Å²) in [4.78, 5) is 0. The van der Waals surface area contributed by atoms with Crippen molar-refractivity contribution in [3.05, 3.63) is 52.0 Å². The van der Waals surface area contributed by atoms with Gasteiger partial charge in [-0.15, -0.1) is 0 Å². The van der Waals surface area contributed by atoms with Crippen molar-refractivity contribution in [1.29, 1.82) is 0 Å². The van der Waals surface area contributed by atoms with Gasteiger partial charge in [-0.25, -0.2) is 4.39 Å². The molecule has 2 rings (SSSR count). The molecule has 0 spiro atoms. The first-order valence-electron chi connectivity index (χ1n) is 6.37. The molecule has 0 amide bonds. The maximum Gasteiger partial charge on any atom is 0.123 e. The molecule has 0 aliphatic heterocycles. The van der Waals surface area contributed by atoms with Crippen molar-refractivity contribution in [2.75, 3.05) is 6.54 Å². The molecular weight excluding hydrogens is 309 g/mol. The highest BCUT2D eigenvalue weighted by Crippen LogP contribution is 2.28. The van der Waals surface area contributed by atoms with Gasteiger partial charge in [0.15, 0.2) is 0 Å². The summed E-state index contributed by atoms with van der Waals surface area (Å²) in [5, 5.41) is 7.71. The average molecular weight is 326 g/mol. The van der Waals surface area contributed by atoms with Crippen LogP contribution in [-0.4, -0.2) is 16.3 Å². The van der Waals surface area contributed by atoms with E-state index in [1.165, 1.54) is 6.07 Å². The molecule has 2 aromatic rings. The van der Waals surface area contributed by atoms with Crippen molar-refractivity contribution >= 4 is 15.9 Å². The Kier molecular flexibility index (Phi) is 4.71. The molecule has 19 heavy (non-hydrogen) atoms. The van der Waals surface area contributed by atoms with Crippen LogP contribution in [0.15, 0.2) is 34.9 Å². The number of hydrogen-bond donors (Lipinski definition) is 1. The predicted molar refractivity (Wildman–Crippen MR) is 77.5 cm³/mol. The van der Waals surface area contributed by atoms with E-state index in [4.69, 9.17) is 0 Å². The number of aryl methyl sites for hydroxylation is 1. The van der Waals surface area contributed by atoms with Crippen LogP contribution in [0.3, 0.4) is 0 Å². The van der Waals surface area contributed by atoms with Gasteiger partial charge in [-0.2, -0.15) is 5.10 Å². The van der Waals surface area contributed by atoms with Crippen molar-refractivity contribution in [3.63, 3.8) is 0 Å². The van der Waals surface area contributed by atoms with Crippen LogP contribution in [0.2, 0.25) is 0 Å². The number of nitrogens with zero attached hydrogens (tertiary/aromatic N) is 2. The highest BCUT2D eigenvalue weighted by Gasteiger charge is 2.20. The van der Waals surface area contributed by atoms with Crippen molar-refractivity contribution in [2.45, 2.75) is 26.4 Å². The minimum Gasteiger partial charge on any atom is -0.305 e. The van der Waals surface area contributed by atoms with E-state index in [0.29, 0.717) is 0 Å². The van der Waals surface area contributed by atoms with Gasteiger partial charge < -0.3 is 5.32 Å². The van der Waals surface area contributed by atoms with Gasteiger partial charge in [0, 0.05) is 6.54 Å². The fourth-order valence-electron chi connectivity index (χ4n) is 2.17. The molecule has 0 bridgehead atoms. The summed E-state index contributed by atoms with van der Waals surface area (Å²) < 4.78 is 16.3. The van der Waals surface area contributed by atoms with E-state index in [0.717, 1.165) is 28.8 Å². The van der Waals surface area contributed by atoms with Gasteiger partial charge in [0.2, 0.25) is 0 Å². The van der Waals surface area contributed by atoms with Gasteiger partial charge in [0.05, 0.1) is 22.4 Å². The van der Waals surface area contributed by atoms with Crippen LogP contribution in [0.5, 0.6) is 0 Å². The Morgan fingerprint density at radius 2 is 2.21 bits per heavy atom. The van der Waals surface area contributed by atoms with Crippen LogP contribution in [0, 0.1) is 5.82 Å². The molecule has 3 nitrogen and oxygen atoms in total. The Morgan fingerprint density at radius 1 is 1.42 bits per heavy atom. The summed E-state index contributed by atoms with van der Waals surface area (Å²) >= 11 is 3.53. The molecule has 0 saturated heterocycles. The second kappa shape index (κ2) is 6.30. The molecule has 0 radical (unpaired) electrons. The molecule has 0 saturated carbocycles. The fraction of sp³-hybridized carbons (Fsp3) is 0.357. The van der Waals surface area contributed by atoms with E-state index in [1.54, 1.807) is 18.3 Å². The van der Waals surface area contributed by atoms with Crippen LogP contribution >= 0.6 is 15.9 Å². The summed E-state index contributed by atoms with van der Waals surface area (Å²) in [7, 11) is 0. The SMILES string of the molecule is CCNC(c1cccc(F)c1)c1c(Br)cnn1CC. The number of aromatic nitrogens is 2. The summed E-state index contributed by atoms with van der Waals surface area (Å²) in [6, 6.07) is 6.61. The maximum absolute atomic E-state index is 13.4. The molecule has 1 heterocycles. The lowest BCUT2D eigenvalue weighted by Gasteiger charge is -2.20. The largest absolute Gasteiger partial charge is 0.305 e. The van der Waals surface area contributed by atoms with E-state index >= 15 is 0 Å². The van der Waals surface area contributed by atoms with E-state index in [1.807, 2.05) is 24.6 Å². The van der Waals surface area contributed by atoms with Gasteiger partial charge in [0.25, 0.3) is 0 Å². The standard InChI is InChI=1S/C14H17BrFN3/c1-3-17-13(10-6-5-7-11(16)8-10)14-12(15)9-18-19(14)4-2/h5-9,13,17H,3-4H2,1-2H3. The van der Waals surface area contributed by atoms with E-state index in [2.05, 4.69) is 26.3 Å². The van der Waals surface area contributed by atoms with Crippen LogP contribution in [0.1, 0.15) is 31.1 Å². The smallest absolute Gasteiger partial charge is 0.123 e. The maximum atomic E-state index is 13.4. The first kappa shape index (κ1) is 14.2. The van der Waals surface area contributed by atoms with Gasteiger partial charge in [-0.3, -0.25) is 4.68 Å². The van der Waals surface area contributed by atoms with Crippen molar-refractivity contribution in [2.24, 2.45) is 0 Å². The zero-order valence-electron chi connectivity index (χ0n) is 11.0. The lowest BCUT2D eigenvalue weighted by atomic mass is 10.0. The van der Waals surface area contributed by atoms with Gasteiger partial charge in [-0.1, -0.05) is 19.1 Å². The lowest BCUT2D eigenvalue weighted by Crippen LogP contribution is -2.25. The number of benzene rings is 1. The topological polar surface area (TPSA) is 29.9 Å². The number of hydrogen-bond acceptors (Lipinski definition) is 2. The molecule has 102 valence electrons. The third-order valence-electron chi connectivity index (χ3n) is 3.00. The van der Waals surface area contributed by atoms with Crippen molar-refractivity contribution < 1.29 is 4.39 Å². The second-order valence-electron chi connectivity index (χ2n) is 4.24. The number of rotatable bonds is 5. The third-order valence-corrected chi connectivity index (χ3v) is 3.61. The Bertz CT molecular complexity index is 553. The van der Waals surface area contributed by atoms with Crippen LogP contribution in [0.25, 0.3) is 0 Å². The number of nitrogens with one attached hydrogen (secondary N) is 1. The van der Waals surface area contributed by atoms with Gasteiger partial charge in [-0.05, 0) is 47.1 Å². The van der Waals surface area contributed by atoms with Gasteiger partial charge >= 0.3 is 0 Å². The first-order chi connectivity index (χ1) is 9.17. The molecular formula is C14H17BrFN3. The highest BCUT2D eigenvalue weighted by atomic mass is 79.9. The lowest BCUT2D eigenvalue weighted by molar-refractivity contribution is 0.537. The Balaban J connectivity index is 2.48. The molecule has 0 fully saturated rings. The predicted octanol–water partition coefficient (Wildman–Crippen LogP) is 3.50. The third kappa shape index (κ3) is 3.04. The molecule has 0 aliphatic carbocycles. The van der Waals surface area contributed by atoms with Crippen molar-refractivity contribution in [1.82, 2.24) is 15.1 Å². The van der Waals surface area contributed by atoms with E-state index in [-0.39, 0.29) is 11.9 Å². The zero-order valence-corrected chi connectivity index (χ0v) is 12.6. The summed E-state index contributed by atoms with van der Waals surface area (Å²) in [6.07, 6.45) is 1.78. The molecule has 1 N–H and O–H groups in total. The fourth-order valence-corrected chi connectivity index (χ4v) is 2.70. The highest BCUT2D eigenvalue weighted by molar-refractivity contribution is 9.10. The normalized spacial score (nSPS) is 12.6. The van der Waals surface area contributed by atoms with Crippen molar-refractivity contribution in [3.8, 4) is 0 Å². The minimum atomic E-state index is -0.223. The first-order valence-corrected chi connectivity index (χ1v) is 7.16. The average Bonchev–Trinajstić information content (AvgIpc) is 2.77. The Morgan fingerprint density at radius 3 is 2.84 bits per heavy atom. The monoisotopic (exact) mass is 325 g/mol. The molecule has 5 heteroatoms. The molecule has 1 atom stereocenters. The van der Waals surface area contributed by atoms with Crippen LogP contribution in [-0.2, 0) is 6.54 Å². The van der Waals surface area contributed by atoms with Crippen LogP contribution in [0.4, 0.5) is 4.39 Å². The summed E-state index contributed by atoms with van der Waals surface area (Å²) in [5.41, 5.74) is 1.92.